The van der Waals surface area contributed by atoms with Crippen LogP contribution in [0.2, 0.25) is 0 Å². The molecule has 0 aliphatic heterocycles. The van der Waals surface area contributed by atoms with E-state index in [0.717, 1.165) is 5.56 Å². The highest BCUT2D eigenvalue weighted by molar-refractivity contribution is 7.50. The summed E-state index contributed by atoms with van der Waals surface area (Å²) in [4.78, 5) is 21.3. The third-order valence-corrected chi connectivity index (χ3v) is 2.44. The van der Waals surface area contributed by atoms with Crippen molar-refractivity contribution in [2.24, 2.45) is 0 Å². The van der Waals surface area contributed by atoms with Gasteiger partial charge < -0.3 is 4.89 Å². The molecule has 3 nitrogen and oxygen atoms in total. The van der Waals surface area contributed by atoms with Gasteiger partial charge in [-0.3, -0.25) is 4.81 Å². The average Bonchev–Trinajstić information content (AvgIpc) is 2.37. The van der Waals surface area contributed by atoms with Gasteiger partial charge in [-0.25, -0.2) is 4.79 Å². The SMILES string of the molecule is [B][B][B][B][B]OOC(=O)c1ccccc1C(C)(C)C. The smallest absolute Gasteiger partial charge is 0.311 e. The average molecular weight is 247 g/mol. The maximum absolute atomic E-state index is 11.9. The lowest BCUT2D eigenvalue weighted by molar-refractivity contribution is -0.147. The van der Waals surface area contributed by atoms with Gasteiger partial charge in [0.15, 0.2) is 0 Å². The summed E-state index contributed by atoms with van der Waals surface area (Å²) in [5, 5.41) is 0. The lowest BCUT2D eigenvalue weighted by Gasteiger charge is -2.21. The van der Waals surface area contributed by atoms with E-state index in [-0.39, 0.29) is 5.41 Å². The fourth-order valence-electron chi connectivity index (χ4n) is 1.57. The van der Waals surface area contributed by atoms with Gasteiger partial charge in [-0.15, -0.1) is 0 Å². The van der Waals surface area contributed by atoms with Crippen LogP contribution in [-0.2, 0) is 15.1 Å². The first-order valence-electron chi connectivity index (χ1n) is 5.97. The number of carbonyl (C=O) groups excluding carboxylic acids is 1. The summed E-state index contributed by atoms with van der Waals surface area (Å²) in [5.41, 5.74) is 1.26. The molecule has 1 rings (SSSR count). The molecule has 0 unspecified atom stereocenters. The van der Waals surface area contributed by atoms with Crippen molar-refractivity contribution in [2.45, 2.75) is 26.2 Å². The van der Waals surface area contributed by atoms with Crippen molar-refractivity contribution in [1.82, 2.24) is 0 Å². The quantitative estimate of drug-likeness (QED) is 0.320. The molecule has 0 saturated carbocycles. The van der Waals surface area contributed by atoms with Crippen LogP contribution in [0.25, 0.3) is 0 Å². The standard InChI is InChI=1S/C11H13B5O3/c1-11(2,3)9-7-5-4-6-8(9)10(17)18-19-16-15-14-13-12/h4-7H,1-3H3. The zero-order chi connectivity index (χ0) is 14.3. The topological polar surface area (TPSA) is 35.5 Å². The number of rotatable bonds is 6. The van der Waals surface area contributed by atoms with E-state index in [4.69, 9.17) is 12.6 Å². The Hall–Kier alpha value is -1.03. The second-order valence-corrected chi connectivity index (χ2v) is 4.98. The van der Waals surface area contributed by atoms with Crippen LogP contribution in [0.4, 0.5) is 0 Å². The molecule has 0 spiro atoms. The number of hydrogen-bond donors (Lipinski definition) is 0. The van der Waals surface area contributed by atoms with Gasteiger partial charge in [-0.1, -0.05) is 39.0 Å². The second-order valence-electron chi connectivity index (χ2n) is 4.98. The van der Waals surface area contributed by atoms with E-state index in [0.29, 0.717) is 5.56 Å². The molecule has 0 heterocycles. The van der Waals surface area contributed by atoms with Crippen LogP contribution >= 0.6 is 0 Å². The van der Waals surface area contributed by atoms with Crippen molar-refractivity contribution in [3.05, 3.63) is 35.4 Å². The van der Waals surface area contributed by atoms with Crippen molar-refractivity contribution < 1.29 is 14.5 Å². The minimum atomic E-state index is -0.521. The molecule has 90 valence electrons. The Balaban J connectivity index is 2.62. The summed E-state index contributed by atoms with van der Waals surface area (Å²) in [7, 11) is 10.8. The Bertz CT molecular complexity index is 419. The Labute approximate surface area is 119 Å². The second kappa shape index (κ2) is 7.54. The molecule has 0 aromatic heterocycles. The molecule has 0 fully saturated rings. The molecule has 6 radical (unpaired) electrons. The van der Waals surface area contributed by atoms with Crippen molar-refractivity contribution in [3.63, 3.8) is 0 Å². The van der Waals surface area contributed by atoms with Gasteiger partial charge in [0.05, 0.1) is 12.6 Å². The molecule has 0 amide bonds. The lowest BCUT2D eigenvalue weighted by atomic mass is 9.07. The molecule has 0 aliphatic carbocycles. The van der Waals surface area contributed by atoms with E-state index in [2.05, 4.69) is 4.81 Å². The van der Waals surface area contributed by atoms with Crippen LogP contribution in [-0.4, -0.2) is 42.3 Å². The van der Waals surface area contributed by atoms with Crippen LogP contribution in [0.3, 0.4) is 0 Å². The molecule has 1 aromatic rings. The minimum Gasteiger partial charge on any atom is -0.311 e. The Morgan fingerprint density at radius 3 is 2.53 bits per heavy atom. The molecule has 8 heteroatoms. The van der Waals surface area contributed by atoms with Gasteiger partial charge in [-0.05, 0) is 17.0 Å². The van der Waals surface area contributed by atoms with Crippen LogP contribution in [0.1, 0.15) is 36.7 Å². The first kappa shape index (κ1) is 16.0. The molecule has 19 heavy (non-hydrogen) atoms. The van der Waals surface area contributed by atoms with E-state index >= 15 is 0 Å². The molecule has 1 aromatic carbocycles. The zero-order valence-electron chi connectivity index (χ0n) is 11.4. The predicted octanol–water partition coefficient (Wildman–Crippen LogP) is 0.633. The van der Waals surface area contributed by atoms with Gasteiger partial charge in [0.25, 0.3) is 7.37 Å². The van der Waals surface area contributed by atoms with Crippen molar-refractivity contribution in [1.29, 1.82) is 0 Å². The molecule has 0 atom stereocenters. The Morgan fingerprint density at radius 1 is 1.21 bits per heavy atom. The monoisotopic (exact) mass is 248 g/mol. The van der Waals surface area contributed by atoms with Gasteiger partial charge in [0.1, 0.15) is 0 Å². The molecular weight excluding hydrogens is 234 g/mol. The molecule has 0 saturated heterocycles. The van der Waals surface area contributed by atoms with Crippen LogP contribution in [0.15, 0.2) is 24.3 Å². The highest BCUT2D eigenvalue weighted by Gasteiger charge is 2.22. The van der Waals surface area contributed by atoms with E-state index in [9.17, 15) is 4.79 Å². The van der Waals surface area contributed by atoms with Gasteiger partial charge >= 0.3 is 5.97 Å². The molecule has 0 aliphatic rings. The molecule has 0 N–H and O–H groups in total. The maximum atomic E-state index is 11.9. The fourth-order valence-corrected chi connectivity index (χ4v) is 1.57. The Kier molecular flexibility index (Phi) is 6.36. The predicted molar refractivity (Wildman–Crippen MR) is 80.4 cm³/mol. The van der Waals surface area contributed by atoms with Crippen LogP contribution < -0.4 is 0 Å². The van der Waals surface area contributed by atoms with Gasteiger partial charge in [0, 0.05) is 21.9 Å². The summed E-state index contributed by atoms with van der Waals surface area (Å²) in [6, 6.07) is 7.31. The minimum absolute atomic E-state index is 0.145. The van der Waals surface area contributed by atoms with E-state index < -0.39 is 5.97 Å². The van der Waals surface area contributed by atoms with E-state index in [1.54, 1.807) is 19.2 Å². The van der Waals surface area contributed by atoms with Gasteiger partial charge in [0.2, 0.25) is 0 Å². The van der Waals surface area contributed by atoms with Crippen molar-refractivity contribution in [3.8, 4) is 0 Å². The highest BCUT2D eigenvalue weighted by Crippen LogP contribution is 2.26. The Morgan fingerprint density at radius 2 is 1.89 bits per heavy atom. The largest absolute Gasteiger partial charge is 0.371 e. The van der Waals surface area contributed by atoms with Crippen LogP contribution in [0.5, 0.6) is 0 Å². The zero-order valence-corrected chi connectivity index (χ0v) is 11.4. The van der Waals surface area contributed by atoms with Crippen molar-refractivity contribution in [2.75, 3.05) is 0 Å². The number of carbonyl (C=O) groups is 1. The maximum Gasteiger partial charge on any atom is 0.371 e. The van der Waals surface area contributed by atoms with Crippen LogP contribution in [0, 0.1) is 0 Å². The third kappa shape index (κ3) is 5.23. The number of benzene rings is 1. The molecule has 0 bridgehead atoms. The van der Waals surface area contributed by atoms with E-state index in [1.807, 2.05) is 32.9 Å². The van der Waals surface area contributed by atoms with E-state index in [1.165, 1.54) is 21.5 Å². The summed E-state index contributed by atoms with van der Waals surface area (Å²) in [5.74, 6) is -0.521. The summed E-state index contributed by atoms with van der Waals surface area (Å²) < 4.78 is 0. The fraction of sp³-hybridized carbons (Fsp3) is 0.364. The normalized spacial score (nSPS) is 10.5. The first-order valence-corrected chi connectivity index (χ1v) is 5.97. The molecular formula is C11H13B5O3. The first-order chi connectivity index (χ1) is 8.96. The summed E-state index contributed by atoms with van der Waals surface area (Å²) in [6.07, 6.45) is 0. The van der Waals surface area contributed by atoms with Crippen molar-refractivity contribution >= 4 is 42.3 Å². The summed E-state index contributed by atoms with van der Waals surface area (Å²) >= 11 is 0. The summed E-state index contributed by atoms with van der Waals surface area (Å²) in [6.45, 7) is 6.10. The number of hydrogen-bond acceptors (Lipinski definition) is 3. The highest BCUT2D eigenvalue weighted by atomic mass is 17.2. The lowest BCUT2D eigenvalue weighted by Crippen LogP contribution is -2.23. The third-order valence-electron chi connectivity index (χ3n) is 2.44. The van der Waals surface area contributed by atoms with Gasteiger partial charge in [-0.2, -0.15) is 0 Å².